The number of aromatic nitrogens is 5. The standard InChI is InChI=1S/C33H40N6O6S/c1-20-15-28-31(35-17-20)45-14-13-44-12-6-11-38(46(28,42)43)19-24-16-23(18-34-22(24)3)29(33(4,5)32(40)41)26-9-10-27-30(21(26)2)36-37-39(27)25-7-8-25/h9-10,15-18,25,29H,6-8,11-14,19H2,1-5H3,(H,40,41). The smallest absolute Gasteiger partial charge is 0.310 e. The first kappa shape index (κ1) is 32.0. The van der Waals surface area contributed by atoms with Gasteiger partial charge in [0, 0.05) is 43.7 Å². The zero-order valence-electron chi connectivity index (χ0n) is 26.9. The van der Waals surface area contributed by atoms with Crippen LogP contribution in [0.15, 0.2) is 41.6 Å². The van der Waals surface area contributed by atoms with Gasteiger partial charge in [0.2, 0.25) is 15.9 Å². The minimum atomic E-state index is -4.04. The molecule has 4 aromatic rings. The zero-order valence-corrected chi connectivity index (χ0v) is 27.7. The van der Waals surface area contributed by atoms with Crippen LogP contribution >= 0.6 is 0 Å². The van der Waals surface area contributed by atoms with E-state index >= 15 is 0 Å². The van der Waals surface area contributed by atoms with Crippen molar-refractivity contribution in [3.63, 3.8) is 0 Å². The summed E-state index contributed by atoms with van der Waals surface area (Å²) in [6, 6.07) is 7.77. The lowest BCUT2D eigenvalue weighted by Crippen LogP contribution is -2.34. The lowest BCUT2D eigenvalue weighted by molar-refractivity contribution is -0.147. The number of carboxylic acids is 1. The predicted molar refractivity (Wildman–Crippen MR) is 170 cm³/mol. The molecule has 1 unspecified atom stereocenters. The first-order valence-electron chi connectivity index (χ1n) is 15.6. The summed E-state index contributed by atoms with van der Waals surface area (Å²) in [6.45, 7) is 10.1. The summed E-state index contributed by atoms with van der Waals surface area (Å²) in [7, 11) is -4.04. The van der Waals surface area contributed by atoms with Crippen LogP contribution in [0.5, 0.6) is 5.88 Å². The third kappa shape index (κ3) is 5.98. The molecule has 46 heavy (non-hydrogen) atoms. The molecule has 0 amide bonds. The summed E-state index contributed by atoms with van der Waals surface area (Å²) < 4.78 is 43.1. The second-order valence-corrected chi connectivity index (χ2v) is 14.8. The Morgan fingerprint density at radius 2 is 1.87 bits per heavy atom. The van der Waals surface area contributed by atoms with E-state index in [9.17, 15) is 18.3 Å². The Morgan fingerprint density at radius 1 is 1.09 bits per heavy atom. The highest BCUT2D eigenvalue weighted by Crippen LogP contribution is 2.45. The molecule has 244 valence electrons. The maximum absolute atomic E-state index is 14.2. The molecular formula is C33H40N6O6S. The van der Waals surface area contributed by atoms with Gasteiger partial charge < -0.3 is 14.6 Å². The van der Waals surface area contributed by atoms with E-state index in [4.69, 9.17) is 9.47 Å². The SMILES string of the molecule is Cc1cnc2c(c1)S(=O)(=O)N(Cc1cc(C(c3ccc4c(nnn4C4CC4)c3C)C(C)(C)C(=O)O)cnc1C)CCCOCCO2. The third-order valence-corrected chi connectivity index (χ3v) is 10.9. The molecule has 1 saturated carbocycles. The van der Waals surface area contributed by atoms with Gasteiger partial charge in [-0.25, -0.2) is 18.1 Å². The Morgan fingerprint density at radius 3 is 2.61 bits per heavy atom. The quantitative estimate of drug-likeness (QED) is 0.298. The van der Waals surface area contributed by atoms with Crippen LogP contribution in [0, 0.1) is 26.2 Å². The molecule has 0 spiro atoms. The molecule has 1 aliphatic heterocycles. The van der Waals surface area contributed by atoms with E-state index in [0.717, 1.165) is 35.0 Å². The van der Waals surface area contributed by atoms with Crippen molar-refractivity contribution >= 4 is 27.0 Å². The maximum Gasteiger partial charge on any atom is 0.310 e. The molecule has 0 saturated heterocycles. The predicted octanol–water partition coefficient (Wildman–Crippen LogP) is 4.71. The van der Waals surface area contributed by atoms with Gasteiger partial charge >= 0.3 is 5.97 Å². The zero-order chi connectivity index (χ0) is 32.8. The fourth-order valence-electron chi connectivity index (χ4n) is 6.16. The van der Waals surface area contributed by atoms with Crippen LogP contribution in [0.3, 0.4) is 0 Å². The number of hydrogen-bond donors (Lipinski definition) is 1. The molecule has 0 bridgehead atoms. The van der Waals surface area contributed by atoms with E-state index in [1.165, 1.54) is 4.31 Å². The Bertz CT molecular complexity index is 1900. The lowest BCUT2D eigenvalue weighted by Gasteiger charge is -2.33. The summed E-state index contributed by atoms with van der Waals surface area (Å²) in [6.07, 6.45) is 5.90. The lowest BCUT2D eigenvalue weighted by atomic mass is 9.70. The number of rotatable bonds is 7. The third-order valence-electron chi connectivity index (χ3n) is 9.04. The van der Waals surface area contributed by atoms with E-state index in [2.05, 4.69) is 20.3 Å². The van der Waals surface area contributed by atoms with Gasteiger partial charge in [-0.2, -0.15) is 4.31 Å². The van der Waals surface area contributed by atoms with Crippen LogP contribution in [-0.4, -0.2) is 75.1 Å². The fraction of sp³-hybridized carbons (Fsp3) is 0.485. The number of carbonyl (C=O) groups is 1. The number of sulfonamides is 1. The number of benzene rings is 1. The number of nitrogens with zero attached hydrogens (tertiary/aromatic N) is 6. The number of ether oxygens (including phenoxy) is 2. The van der Waals surface area contributed by atoms with Crippen molar-refractivity contribution in [1.82, 2.24) is 29.3 Å². The topological polar surface area (TPSA) is 150 Å². The molecular weight excluding hydrogens is 608 g/mol. The van der Waals surface area contributed by atoms with Crippen molar-refractivity contribution in [3.8, 4) is 5.88 Å². The van der Waals surface area contributed by atoms with Crippen LogP contribution in [0.2, 0.25) is 0 Å². The summed E-state index contributed by atoms with van der Waals surface area (Å²) in [5.41, 5.74) is 4.80. The summed E-state index contributed by atoms with van der Waals surface area (Å²) >= 11 is 0. The molecule has 0 radical (unpaired) electrons. The van der Waals surface area contributed by atoms with E-state index < -0.39 is 27.3 Å². The molecule has 3 aromatic heterocycles. The average Bonchev–Trinajstić information content (AvgIpc) is 3.76. The van der Waals surface area contributed by atoms with E-state index in [-0.39, 0.29) is 30.5 Å². The molecule has 1 aromatic carbocycles. The number of aliphatic carboxylic acids is 1. The molecule has 1 fully saturated rings. The van der Waals surface area contributed by atoms with Crippen LogP contribution in [0.25, 0.3) is 11.0 Å². The summed E-state index contributed by atoms with van der Waals surface area (Å²) in [4.78, 5) is 21.7. The molecule has 2 aliphatic rings. The van der Waals surface area contributed by atoms with Crippen molar-refractivity contribution in [1.29, 1.82) is 0 Å². The highest BCUT2D eigenvalue weighted by Gasteiger charge is 2.41. The first-order valence-corrected chi connectivity index (χ1v) is 17.0. The van der Waals surface area contributed by atoms with Crippen molar-refractivity contribution in [2.75, 3.05) is 26.4 Å². The first-order chi connectivity index (χ1) is 21.9. The van der Waals surface area contributed by atoms with Gasteiger partial charge in [-0.3, -0.25) is 9.78 Å². The number of hydrogen-bond acceptors (Lipinski definition) is 9. The monoisotopic (exact) mass is 648 g/mol. The van der Waals surface area contributed by atoms with E-state index in [1.54, 1.807) is 39.2 Å². The molecule has 12 nitrogen and oxygen atoms in total. The minimum Gasteiger partial charge on any atom is -0.481 e. The largest absolute Gasteiger partial charge is 0.481 e. The number of aryl methyl sites for hydroxylation is 3. The van der Waals surface area contributed by atoms with E-state index in [0.29, 0.717) is 48.1 Å². The van der Waals surface area contributed by atoms with Gasteiger partial charge in [-0.15, -0.1) is 5.10 Å². The molecule has 6 rings (SSSR count). The number of fused-ring (bicyclic) bond motifs is 2. The van der Waals surface area contributed by atoms with Crippen LogP contribution in [0.4, 0.5) is 0 Å². The van der Waals surface area contributed by atoms with Gasteiger partial charge in [0.1, 0.15) is 17.0 Å². The highest BCUT2D eigenvalue weighted by molar-refractivity contribution is 7.89. The summed E-state index contributed by atoms with van der Waals surface area (Å²) in [5, 5.41) is 19.3. The molecule has 1 aliphatic carbocycles. The van der Waals surface area contributed by atoms with Gasteiger partial charge in [0.25, 0.3) is 0 Å². The van der Waals surface area contributed by atoms with Gasteiger partial charge in [0.05, 0.1) is 23.6 Å². The number of pyridine rings is 2. The van der Waals surface area contributed by atoms with Gasteiger partial charge in [-0.05, 0) is 93.8 Å². The van der Waals surface area contributed by atoms with Crippen molar-refractivity contribution in [2.24, 2.45) is 5.41 Å². The number of carboxylic acid groups (broad SMARTS) is 1. The van der Waals surface area contributed by atoms with Crippen LogP contribution < -0.4 is 4.74 Å². The molecule has 13 heteroatoms. The Labute approximate surface area is 268 Å². The second-order valence-electron chi connectivity index (χ2n) is 12.9. The van der Waals surface area contributed by atoms with Gasteiger partial charge in [-0.1, -0.05) is 17.3 Å². The van der Waals surface area contributed by atoms with Gasteiger partial charge in [0.15, 0.2) is 0 Å². The van der Waals surface area contributed by atoms with Crippen LogP contribution in [0.1, 0.15) is 78.6 Å². The van der Waals surface area contributed by atoms with Crippen LogP contribution in [-0.2, 0) is 26.1 Å². The Kier molecular flexibility index (Phi) is 8.59. The second kappa shape index (κ2) is 12.3. The molecule has 4 heterocycles. The fourth-order valence-corrected chi connectivity index (χ4v) is 7.78. The highest BCUT2D eigenvalue weighted by atomic mass is 32.2. The van der Waals surface area contributed by atoms with E-state index in [1.807, 2.05) is 36.7 Å². The van der Waals surface area contributed by atoms with Crippen molar-refractivity contribution in [3.05, 3.63) is 70.2 Å². The maximum atomic E-state index is 14.2. The molecule has 1 atom stereocenters. The normalized spacial score (nSPS) is 18.4. The Hall–Kier alpha value is -3.94. The van der Waals surface area contributed by atoms with Crippen molar-refractivity contribution in [2.45, 2.75) is 77.3 Å². The molecule has 1 N–H and O–H groups in total. The average molecular weight is 649 g/mol. The summed E-state index contributed by atoms with van der Waals surface area (Å²) in [5.74, 6) is -1.53. The van der Waals surface area contributed by atoms with Crippen molar-refractivity contribution < 1.29 is 27.8 Å². The Balaban J connectivity index is 1.43. The minimum absolute atomic E-state index is 0.00391.